The van der Waals surface area contributed by atoms with Gasteiger partial charge in [-0.3, -0.25) is 4.79 Å². The molecular formula is C19H18ClN3O. The molecule has 0 aliphatic heterocycles. The SMILES string of the molecule is O=C(CCc1cnn(-c2ccccc2)c1)NCc1ccccc1Cl. The number of hydrogen-bond acceptors (Lipinski definition) is 2. The van der Waals surface area contributed by atoms with E-state index in [1.54, 1.807) is 6.20 Å². The van der Waals surface area contributed by atoms with Gasteiger partial charge in [0.15, 0.2) is 0 Å². The number of carbonyl (C=O) groups excluding carboxylic acids is 1. The maximum absolute atomic E-state index is 12.0. The van der Waals surface area contributed by atoms with E-state index in [4.69, 9.17) is 11.6 Å². The summed E-state index contributed by atoms with van der Waals surface area (Å²) in [5.74, 6) is 0.00220. The molecule has 0 unspecified atom stereocenters. The topological polar surface area (TPSA) is 46.9 Å². The molecule has 2 aromatic carbocycles. The van der Waals surface area contributed by atoms with Gasteiger partial charge in [-0.15, -0.1) is 0 Å². The minimum atomic E-state index is 0.00220. The van der Waals surface area contributed by atoms with Crippen LogP contribution in [-0.4, -0.2) is 15.7 Å². The van der Waals surface area contributed by atoms with E-state index in [1.165, 1.54) is 0 Å². The van der Waals surface area contributed by atoms with Crippen molar-refractivity contribution in [1.29, 1.82) is 0 Å². The predicted octanol–water partition coefficient (Wildman–Crippen LogP) is 3.77. The van der Waals surface area contributed by atoms with Crippen LogP contribution in [0, 0.1) is 0 Å². The number of nitrogens with zero attached hydrogens (tertiary/aromatic N) is 2. The third-order valence-electron chi connectivity index (χ3n) is 3.73. The van der Waals surface area contributed by atoms with Crippen molar-refractivity contribution >= 4 is 17.5 Å². The van der Waals surface area contributed by atoms with E-state index in [0.29, 0.717) is 24.4 Å². The van der Waals surface area contributed by atoms with Gasteiger partial charge in [0.1, 0.15) is 0 Å². The number of para-hydroxylation sites is 1. The summed E-state index contributed by atoms with van der Waals surface area (Å²) in [5, 5.41) is 7.90. The fourth-order valence-corrected chi connectivity index (χ4v) is 2.60. The van der Waals surface area contributed by atoms with E-state index >= 15 is 0 Å². The van der Waals surface area contributed by atoms with Crippen LogP contribution in [0.25, 0.3) is 5.69 Å². The number of benzene rings is 2. The molecule has 0 spiro atoms. The number of amides is 1. The highest BCUT2D eigenvalue weighted by molar-refractivity contribution is 6.31. The zero-order chi connectivity index (χ0) is 16.8. The van der Waals surface area contributed by atoms with Gasteiger partial charge in [-0.1, -0.05) is 48.0 Å². The highest BCUT2D eigenvalue weighted by Gasteiger charge is 2.06. The summed E-state index contributed by atoms with van der Waals surface area (Å²) in [4.78, 5) is 12.0. The molecule has 4 nitrogen and oxygen atoms in total. The lowest BCUT2D eigenvalue weighted by atomic mass is 10.2. The normalized spacial score (nSPS) is 10.5. The van der Waals surface area contributed by atoms with Crippen molar-refractivity contribution in [3.05, 3.63) is 83.1 Å². The number of aromatic nitrogens is 2. The lowest BCUT2D eigenvalue weighted by Crippen LogP contribution is -2.23. The molecule has 0 aliphatic carbocycles. The second-order valence-corrected chi connectivity index (χ2v) is 5.90. The summed E-state index contributed by atoms with van der Waals surface area (Å²) in [6.45, 7) is 0.446. The van der Waals surface area contributed by atoms with Gasteiger partial charge in [-0.2, -0.15) is 5.10 Å². The average Bonchev–Trinajstić information content (AvgIpc) is 3.09. The molecule has 0 fully saturated rings. The Bertz CT molecular complexity index is 814. The molecule has 0 saturated carbocycles. The van der Waals surface area contributed by atoms with Gasteiger partial charge in [0.25, 0.3) is 0 Å². The molecule has 0 bridgehead atoms. The lowest BCUT2D eigenvalue weighted by molar-refractivity contribution is -0.121. The first-order valence-corrected chi connectivity index (χ1v) is 8.19. The molecular weight excluding hydrogens is 322 g/mol. The minimum absolute atomic E-state index is 0.00220. The molecule has 3 aromatic rings. The summed E-state index contributed by atoms with van der Waals surface area (Å²) >= 11 is 6.08. The van der Waals surface area contributed by atoms with Crippen LogP contribution in [0.4, 0.5) is 0 Å². The van der Waals surface area contributed by atoms with Gasteiger partial charge >= 0.3 is 0 Å². The number of nitrogens with one attached hydrogen (secondary N) is 1. The number of carbonyl (C=O) groups is 1. The van der Waals surface area contributed by atoms with E-state index in [2.05, 4.69) is 10.4 Å². The molecule has 0 atom stereocenters. The van der Waals surface area contributed by atoms with Gasteiger partial charge in [0.2, 0.25) is 5.91 Å². The molecule has 5 heteroatoms. The van der Waals surface area contributed by atoms with Crippen LogP contribution in [0.15, 0.2) is 67.0 Å². The van der Waals surface area contributed by atoms with E-state index in [-0.39, 0.29) is 5.91 Å². The Kier molecular flexibility index (Phi) is 5.29. The van der Waals surface area contributed by atoms with Crippen molar-refractivity contribution in [2.45, 2.75) is 19.4 Å². The van der Waals surface area contributed by atoms with Crippen molar-refractivity contribution < 1.29 is 4.79 Å². The van der Waals surface area contributed by atoms with E-state index in [9.17, 15) is 4.79 Å². The molecule has 1 heterocycles. The molecule has 3 rings (SSSR count). The van der Waals surface area contributed by atoms with Crippen LogP contribution in [0.3, 0.4) is 0 Å². The predicted molar refractivity (Wildman–Crippen MR) is 95.2 cm³/mol. The summed E-state index contributed by atoms with van der Waals surface area (Å²) in [7, 11) is 0. The summed E-state index contributed by atoms with van der Waals surface area (Å²) in [5.41, 5.74) is 2.96. The number of hydrogen-bond donors (Lipinski definition) is 1. The zero-order valence-corrected chi connectivity index (χ0v) is 13.9. The Morgan fingerprint density at radius 3 is 2.62 bits per heavy atom. The first-order chi connectivity index (χ1) is 11.7. The second-order valence-electron chi connectivity index (χ2n) is 5.50. The minimum Gasteiger partial charge on any atom is -0.352 e. The Hall–Kier alpha value is -2.59. The van der Waals surface area contributed by atoms with Gasteiger partial charge in [-0.05, 0) is 35.7 Å². The third-order valence-corrected chi connectivity index (χ3v) is 4.10. The molecule has 1 amide bonds. The molecule has 0 radical (unpaired) electrons. The van der Waals surface area contributed by atoms with Crippen LogP contribution in [-0.2, 0) is 17.8 Å². The van der Waals surface area contributed by atoms with E-state index in [1.807, 2.05) is 65.5 Å². The van der Waals surface area contributed by atoms with Crippen molar-refractivity contribution in [1.82, 2.24) is 15.1 Å². The standard InChI is InChI=1S/C19H18ClN3O/c20-18-9-5-4-6-16(18)13-21-19(24)11-10-15-12-22-23(14-15)17-7-2-1-3-8-17/h1-9,12,14H,10-11,13H2,(H,21,24). The highest BCUT2D eigenvalue weighted by atomic mass is 35.5. The summed E-state index contributed by atoms with van der Waals surface area (Å²) in [6, 6.07) is 17.4. The van der Waals surface area contributed by atoms with Crippen molar-refractivity contribution in [3.63, 3.8) is 0 Å². The first kappa shape index (κ1) is 16.3. The van der Waals surface area contributed by atoms with Crippen molar-refractivity contribution in [3.8, 4) is 5.69 Å². The van der Waals surface area contributed by atoms with Crippen LogP contribution >= 0.6 is 11.6 Å². The van der Waals surface area contributed by atoms with Crippen LogP contribution in [0.5, 0.6) is 0 Å². The fourth-order valence-electron chi connectivity index (χ4n) is 2.39. The van der Waals surface area contributed by atoms with Crippen LogP contribution in [0.1, 0.15) is 17.5 Å². The molecule has 1 aromatic heterocycles. The van der Waals surface area contributed by atoms with E-state index in [0.717, 1.165) is 16.8 Å². The maximum atomic E-state index is 12.0. The van der Waals surface area contributed by atoms with Crippen LogP contribution < -0.4 is 5.32 Å². The molecule has 1 N–H and O–H groups in total. The summed E-state index contributed by atoms with van der Waals surface area (Å²) in [6.07, 6.45) is 4.83. The Labute approximate surface area is 146 Å². The average molecular weight is 340 g/mol. The van der Waals surface area contributed by atoms with Crippen molar-refractivity contribution in [2.24, 2.45) is 0 Å². The Morgan fingerprint density at radius 1 is 1.08 bits per heavy atom. The van der Waals surface area contributed by atoms with Gasteiger partial charge in [-0.25, -0.2) is 4.68 Å². The Morgan fingerprint density at radius 2 is 1.83 bits per heavy atom. The maximum Gasteiger partial charge on any atom is 0.220 e. The molecule has 0 saturated heterocycles. The first-order valence-electron chi connectivity index (χ1n) is 7.81. The smallest absolute Gasteiger partial charge is 0.220 e. The fraction of sp³-hybridized carbons (Fsp3) is 0.158. The quantitative estimate of drug-likeness (QED) is 0.743. The molecule has 122 valence electrons. The van der Waals surface area contributed by atoms with Crippen LogP contribution in [0.2, 0.25) is 5.02 Å². The summed E-state index contributed by atoms with van der Waals surface area (Å²) < 4.78 is 1.82. The molecule has 24 heavy (non-hydrogen) atoms. The highest BCUT2D eigenvalue weighted by Crippen LogP contribution is 2.14. The zero-order valence-electron chi connectivity index (χ0n) is 13.2. The number of aryl methyl sites for hydroxylation is 1. The third kappa shape index (κ3) is 4.24. The number of rotatable bonds is 6. The number of halogens is 1. The largest absolute Gasteiger partial charge is 0.352 e. The second kappa shape index (κ2) is 7.79. The molecule has 0 aliphatic rings. The van der Waals surface area contributed by atoms with Gasteiger partial charge in [0.05, 0.1) is 11.9 Å². The van der Waals surface area contributed by atoms with E-state index < -0.39 is 0 Å². The Balaban J connectivity index is 1.50. The monoisotopic (exact) mass is 339 g/mol. The van der Waals surface area contributed by atoms with Crippen molar-refractivity contribution in [2.75, 3.05) is 0 Å². The lowest BCUT2D eigenvalue weighted by Gasteiger charge is -2.06. The van der Waals surface area contributed by atoms with Gasteiger partial charge < -0.3 is 5.32 Å². The van der Waals surface area contributed by atoms with Gasteiger partial charge in [0, 0.05) is 24.2 Å².